The van der Waals surface area contributed by atoms with Gasteiger partial charge in [-0.2, -0.15) is 0 Å². The van der Waals surface area contributed by atoms with E-state index >= 15 is 0 Å². The second-order valence-corrected chi connectivity index (χ2v) is 7.04. The van der Waals surface area contributed by atoms with Crippen LogP contribution in [0.5, 0.6) is 0 Å². The van der Waals surface area contributed by atoms with Crippen molar-refractivity contribution < 1.29 is 23.1 Å². The average Bonchev–Trinajstić information content (AvgIpc) is 3.25. The molecule has 0 saturated heterocycles. The highest BCUT2D eigenvalue weighted by Crippen LogP contribution is 2.26. The molecule has 148 valence electrons. The van der Waals surface area contributed by atoms with E-state index in [1.807, 2.05) is 17.5 Å². The fraction of sp³-hybridized carbons (Fsp3) is 0.0909. The van der Waals surface area contributed by atoms with Gasteiger partial charge in [-0.15, -0.1) is 11.3 Å². The molecule has 0 aliphatic carbocycles. The number of halogens is 2. The number of benzene rings is 2. The van der Waals surface area contributed by atoms with Gasteiger partial charge in [0.1, 0.15) is 11.6 Å². The van der Waals surface area contributed by atoms with Gasteiger partial charge in [0.2, 0.25) is 0 Å². The van der Waals surface area contributed by atoms with Gasteiger partial charge in [0, 0.05) is 11.0 Å². The fourth-order valence-electron chi connectivity index (χ4n) is 2.56. The summed E-state index contributed by atoms with van der Waals surface area (Å²) in [4.78, 5) is 25.0. The Morgan fingerprint density at radius 1 is 1.00 bits per heavy atom. The molecular weight excluding hydrogens is 396 g/mol. The fourth-order valence-corrected chi connectivity index (χ4v) is 3.36. The van der Waals surface area contributed by atoms with Gasteiger partial charge >= 0.3 is 5.97 Å². The lowest BCUT2D eigenvalue weighted by Gasteiger charge is -2.18. The third kappa shape index (κ3) is 6.08. The van der Waals surface area contributed by atoms with Crippen LogP contribution in [0, 0.1) is 11.6 Å². The number of carbonyl (C=O) groups excluding carboxylic acids is 2. The summed E-state index contributed by atoms with van der Waals surface area (Å²) in [6.45, 7) is -0.463. The molecule has 29 heavy (non-hydrogen) atoms. The van der Waals surface area contributed by atoms with Crippen molar-refractivity contribution in [1.29, 1.82) is 0 Å². The molecule has 0 aliphatic heterocycles. The first-order valence-corrected chi connectivity index (χ1v) is 9.58. The average molecular weight is 413 g/mol. The SMILES string of the molecule is O=C(COC(=O)/C=C/c1ccc(F)cc1)N[C@H](c1ccc(F)cc1)c1cccs1. The van der Waals surface area contributed by atoms with Gasteiger partial charge in [-0.1, -0.05) is 30.3 Å². The quantitative estimate of drug-likeness (QED) is 0.459. The first-order chi connectivity index (χ1) is 14.0. The van der Waals surface area contributed by atoms with Crippen molar-refractivity contribution in [2.24, 2.45) is 0 Å². The van der Waals surface area contributed by atoms with Crippen LogP contribution in [0.15, 0.2) is 72.1 Å². The minimum atomic E-state index is -0.695. The zero-order valence-electron chi connectivity index (χ0n) is 15.2. The molecule has 0 spiro atoms. The summed E-state index contributed by atoms with van der Waals surface area (Å²) in [6, 6.07) is 14.6. The van der Waals surface area contributed by atoms with Crippen LogP contribution in [0.4, 0.5) is 8.78 Å². The maximum atomic E-state index is 13.2. The molecule has 2 aromatic carbocycles. The van der Waals surface area contributed by atoms with Crippen LogP contribution in [0.1, 0.15) is 22.0 Å². The predicted molar refractivity (Wildman–Crippen MR) is 107 cm³/mol. The third-order valence-electron chi connectivity index (χ3n) is 3.96. The Kier molecular flexibility index (Phi) is 6.86. The van der Waals surface area contributed by atoms with E-state index in [9.17, 15) is 18.4 Å². The minimum absolute atomic E-state index is 0.369. The van der Waals surface area contributed by atoms with Crippen LogP contribution >= 0.6 is 11.3 Å². The van der Waals surface area contributed by atoms with E-state index in [0.29, 0.717) is 11.1 Å². The summed E-state index contributed by atoms with van der Waals surface area (Å²) in [5, 5.41) is 4.67. The number of carbonyl (C=O) groups is 2. The van der Waals surface area contributed by atoms with Crippen LogP contribution < -0.4 is 5.32 Å². The summed E-state index contributed by atoms with van der Waals surface area (Å²) in [5.74, 6) is -1.93. The monoisotopic (exact) mass is 413 g/mol. The minimum Gasteiger partial charge on any atom is -0.452 e. The maximum Gasteiger partial charge on any atom is 0.331 e. The summed E-state index contributed by atoms with van der Waals surface area (Å²) in [5.41, 5.74) is 1.34. The molecule has 1 N–H and O–H groups in total. The predicted octanol–water partition coefficient (Wildman–Crippen LogP) is 4.49. The Bertz CT molecular complexity index is 984. The normalized spacial score (nSPS) is 11.9. The second-order valence-electron chi connectivity index (χ2n) is 6.06. The van der Waals surface area contributed by atoms with Gasteiger partial charge in [0.25, 0.3) is 5.91 Å². The molecule has 4 nitrogen and oxygen atoms in total. The van der Waals surface area contributed by atoms with Gasteiger partial charge in [-0.3, -0.25) is 4.79 Å². The number of hydrogen-bond donors (Lipinski definition) is 1. The zero-order chi connectivity index (χ0) is 20.6. The molecule has 0 radical (unpaired) electrons. The first kappa shape index (κ1) is 20.4. The third-order valence-corrected chi connectivity index (χ3v) is 4.90. The number of hydrogen-bond acceptors (Lipinski definition) is 4. The molecule has 0 fully saturated rings. The number of ether oxygens (including phenoxy) is 1. The Hall–Kier alpha value is -3.32. The van der Waals surface area contributed by atoms with E-state index in [1.165, 1.54) is 53.8 Å². The largest absolute Gasteiger partial charge is 0.452 e. The summed E-state index contributed by atoms with van der Waals surface area (Å²) >= 11 is 1.45. The second kappa shape index (κ2) is 9.75. The van der Waals surface area contributed by atoms with Crippen molar-refractivity contribution in [3.05, 3.63) is 99.8 Å². The molecule has 1 aromatic heterocycles. The Morgan fingerprint density at radius 3 is 2.28 bits per heavy atom. The van der Waals surface area contributed by atoms with Crippen molar-refractivity contribution in [3.63, 3.8) is 0 Å². The van der Waals surface area contributed by atoms with E-state index in [1.54, 1.807) is 12.1 Å². The zero-order valence-corrected chi connectivity index (χ0v) is 16.0. The van der Waals surface area contributed by atoms with E-state index in [0.717, 1.165) is 11.0 Å². The molecule has 0 unspecified atom stereocenters. The lowest BCUT2D eigenvalue weighted by molar-refractivity contribution is -0.143. The highest BCUT2D eigenvalue weighted by Gasteiger charge is 2.18. The number of amides is 1. The van der Waals surface area contributed by atoms with Gasteiger partial charge in [-0.05, 0) is 52.9 Å². The molecule has 1 atom stereocenters. The lowest BCUT2D eigenvalue weighted by Crippen LogP contribution is -2.32. The van der Waals surface area contributed by atoms with Crippen LogP contribution in [0.2, 0.25) is 0 Å². The molecule has 1 amide bonds. The molecule has 1 heterocycles. The molecule has 0 bridgehead atoms. The van der Waals surface area contributed by atoms with Gasteiger partial charge < -0.3 is 10.1 Å². The standard InChI is InChI=1S/C22H17F2NO3S/c23-17-8-3-15(4-9-17)5-12-21(27)28-14-20(26)25-22(19-2-1-13-29-19)16-6-10-18(24)11-7-16/h1-13,22H,14H2,(H,25,26)/b12-5+/t22-/m1/s1. The summed E-state index contributed by atoms with van der Waals surface area (Å²) in [6.07, 6.45) is 2.63. The lowest BCUT2D eigenvalue weighted by atomic mass is 10.1. The number of rotatable bonds is 7. The molecule has 7 heteroatoms. The van der Waals surface area contributed by atoms with Crippen LogP contribution in [-0.2, 0) is 14.3 Å². The number of thiophene rings is 1. The number of esters is 1. The van der Waals surface area contributed by atoms with Gasteiger partial charge in [0.15, 0.2) is 6.61 Å². The van der Waals surface area contributed by atoms with Crippen molar-refractivity contribution in [1.82, 2.24) is 5.32 Å². The van der Waals surface area contributed by atoms with Crippen molar-refractivity contribution in [2.75, 3.05) is 6.61 Å². The first-order valence-electron chi connectivity index (χ1n) is 8.70. The van der Waals surface area contributed by atoms with Crippen molar-refractivity contribution >= 4 is 29.3 Å². The Morgan fingerprint density at radius 2 is 1.66 bits per heavy atom. The number of nitrogens with one attached hydrogen (secondary N) is 1. The van der Waals surface area contributed by atoms with E-state index < -0.39 is 24.5 Å². The van der Waals surface area contributed by atoms with E-state index in [4.69, 9.17) is 4.74 Å². The molecule has 3 aromatic rings. The molecule has 0 aliphatic rings. The topological polar surface area (TPSA) is 55.4 Å². The molecule has 3 rings (SSSR count). The Balaban J connectivity index is 1.58. The molecular formula is C22H17F2NO3S. The summed E-state index contributed by atoms with van der Waals surface area (Å²) in [7, 11) is 0. The highest BCUT2D eigenvalue weighted by atomic mass is 32.1. The highest BCUT2D eigenvalue weighted by molar-refractivity contribution is 7.10. The molecule has 0 saturated carbocycles. The van der Waals surface area contributed by atoms with E-state index in [-0.39, 0.29) is 11.6 Å². The Labute approximate surface area is 170 Å². The van der Waals surface area contributed by atoms with Crippen LogP contribution in [0.3, 0.4) is 0 Å². The smallest absolute Gasteiger partial charge is 0.331 e. The van der Waals surface area contributed by atoms with Gasteiger partial charge in [0.05, 0.1) is 6.04 Å². The van der Waals surface area contributed by atoms with Crippen molar-refractivity contribution in [3.8, 4) is 0 Å². The maximum absolute atomic E-state index is 13.2. The van der Waals surface area contributed by atoms with Crippen LogP contribution in [0.25, 0.3) is 6.08 Å². The summed E-state index contributed by atoms with van der Waals surface area (Å²) < 4.78 is 31.0. The van der Waals surface area contributed by atoms with Gasteiger partial charge in [-0.25, -0.2) is 13.6 Å². The van der Waals surface area contributed by atoms with E-state index in [2.05, 4.69) is 5.32 Å². The van der Waals surface area contributed by atoms with Crippen molar-refractivity contribution in [2.45, 2.75) is 6.04 Å². The van der Waals surface area contributed by atoms with Crippen LogP contribution in [-0.4, -0.2) is 18.5 Å².